The van der Waals surface area contributed by atoms with Crippen LogP contribution in [-0.4, -0.2) is 25.2 Å². The van der Waals surface area contributed by atoms with Crippen LogP contribution in [0.1, 0.15) is 18.4 Å². The maximum absolute atomic E-state index is 11.7. The van der Waals surface area contributed by atoms with Gasteiger partial charge in [0.15, 0.2) is 0 Å². The van der Waals surface area contributed by atoms with Crippen molar-refractivity contribution in [2.45, 2.75) is 25.4 Å². The Bertz CT molecular complexity index is 387. The summed E-state index contributed by atoms with van der Waals surface area (Å²) in [4.78, 5) is 11.7. The normalized spacial score (nSPS) is 19.2. The number of hydrogen-bond acceptors (Lipinski definition) is 3. The Morgan fingerprint density at radius 3 is 3.12 bits per heavy atom. The minimum atomic E-state index is 0.0195. The van der Waals surface area contributed by atoms with Gasteiger partial charge in [0.2, 0.25) is 5.91 Å². The van der Waals surface area contributed by atoms with Gasteiger partial charge < -0.3 is 15.8 Å². The molecule has 1 saturated heterocycles. The van der Waals surface area contributed by atoms with Crippen LogP contribution < -0.4 is 11.1 Å². The first-order valence-corrected chi connectivity index (χ1v) is 5.97. The molecule has 1 aliphatic heterocycles. The van der Waals surface area contributed by atoms with Crippen molar-refractivity contribution < 1.29 is 9.53 Å². The Hall–Kier alpha value is -1.55. The number of carbonyl (C=O) groups is 1. The number of nitrogens with two attached hydrogens (primary N) is 1. The van der Waals surface area contributed by atoms with Gasteiger partial charge in [-0.1, -0.05) is 12.1 Å². The smallest absolute Gasteiger partial charge is 0.224 e. The van der Waals surface area contributed by atoms with Gasteiger partial charge in [0.25, 0.3) is 0 Å². The molecule has 1 heterocycles. The summed E-state index contributed by atoms with van der Waals surface area (Å²) in [5.41, 5.74) is 7.29. The number of anilines is 1. The predicted octanol–water partition coefficient (Wildman–Crippen LogP) is 1.11. The summed E-state index contributed by atoms with van der Waals surface area (Å²) in [6, 6.07) is 7.40. The monoisotopic (exact) mass is 234 g/mol. The molecule has 4 nitrogen and oxygen atoms in total. The third-order valence-corrected chi connectivity index (χ3v) is 2.87. The molecular weight excluding hydrogens is 216 g/mol. The molecule has 0 radical (unpaired) electrons. The minimum absolute atomic E-state index is 0.0195. The average molecular weight is 234 g/mol. The van der Waals surface area contributed by atoms with Gasteiger partial charge in [-0.3, -0.25) is 4.79 Å². The maximum Gasteiger partial charge on any atom is 0.224 e. The first kappa shape index (κ1) is 11.9. The highest BCUT2D eigenvalue weighted by molar-refractivity contribution is 5.78. The first-order chi connectivity index (χ1) is 8.24. The number of hydrogen-bond donors (Lipinski definition) is 2. The van der Waals surface area contributed by atoms with E-state index in [-0.39, 0.29) is 12.0 Å². The topological polar surface area (TPSA) is 64.4 Å². The Morgan fingerprint density at radius 2 is 2.41 bits per heavy atom. The molecule has 17 heavy (non-hydrogen) atoms. The van der Waals surface area contributed by atoms with Gasteiger partial charge in [-0.2, -0.15) is 0 Å². The summed E-state index contributed by atoms with van der Waals surface area (Å²) in [7, 11) is 0. The molecule has 92 valence electrons. The zero-order chi connectivity index (χ0) is 12.1. The Labute approximate surface area is 101 Å². The van der Waals surface area contributed by atoms with Crippen molar-refractivity contribution in [2.75, 3.05) is 18.9 Å². The van der Waals surface area contributed by atoms with Crippen LogP contribution in [0.5, 0.6) is 0 Å². The Balaban J connectivity index is 1.76. The van der Waals surface area contributed by atoms with E-state index in [0.29, 0.717) is 18.7 Å². The summed E-state index contributed by atoms with van der Waals surface area (Å²) in [6.45, 7) is 1.43. The second-order valence-electron chi connectivity index (χ2n) is 4.36. The van der Waals surface area contributed by atoms with Crippen LogP contribution in [-0.2, 0) is 16.0 Å². The lowest BCUT2D eigenvalue weighted by Crippen LogP contribution is -2.32. The molecule has 1 fully saturated rings. The predicted molar refractivity (Wildman–Crippen MR) is 66.5 cm³/mol. The lowest BCUT2D eigenvalue weighted by molar-refractivity contribution is -0.120. The Morgan fingerprint density at radius 1 is 1.53 bits per heavy atom. The SMILES string of the molecule is Nc1cccc(CC(=O)NC[C@@H]2CCCO2)c1. The summed E-state index contributed by atoms with van der Waals surface area (Å²) in [6.07, 6.45) is 2.70. The molecule has 2 rings (SSSR count). The van der Waals surface area contributed by atoms with Gasteiger partial charge in [0.1, 0.15) is 0 Å². The van der Waals surface area contributed by atoms with E-state index in [1.807, 2.05) is 24.3 Å². The molecule has 0 unspecified atom stereocenters. The van der Waals surface area contributed by atoms with E-state index in [0.717, 1.165) is 25.0 Å². The molecule has 0 spiro atoms. The van der Waals surface area contributed by atoms with Crippen LogP contribution in [0.2, 0.25) is 0 Å². The van der Waals surface area contributed by atoms with Gasteiger partial charge in [-0.25, -0.2) is 0 Å². The first-order valence-electron chi connectivity index (χ1n) is 5.97. The number of ether oxygens (including phenoxy) is 1. The molecule has 4 heteroatoms. The van der Waals surface area contributed by atoms with E-state index in [9.17, 15) is 4.79 Å². The summed E-state index contributed by atoms with van der Waals surface area (Å²) < 4.78 is 5.44. The molecule has 0 aliphatic carbocycles. The van der Waals surface area contributed by atoms with Crippen molar-refractivity contribution in [2.24, 2.45) is 0 Å². The number of nitrogens with one attached hydrogen (secondary N) is 1. The lowest BCUT2D eigenvalue weighted by atomic mass is 10.1. The average Bonchev–Trinajstić information content (AvgIpc) is 2.79. The van der Waals surface area contributed by atoms with Crippen LogP contribution in [0.3, 0.4) is 0 Å². The maximum atomic E-state index is 11.7. The van der Waals surface area contributed by atoms with Crippen molar-refractivity contribution >= 4 is 11.6 Å². The summed E-state index contributed by atoms with van der Waals surface area (Å²) in [5.74, 6) is 0.0195. The molecule has 1 aromatic carbocycles. The highest BCUT2D eigenvalue weighted by atomic mass is 16.5. The van der Waals surface area contributed by atoms with E-state index in [2.05, 4.69) is 5.32 Å². The van der Waals surface area contributed by atoms with Gasteiger partial charge in [0.05, 0.1) is 12.5 Å². The highest BCUT2D eigenvalue weighted by Crippen LogP contribution is 2.11. The molecule has 1 aliphatic rings. The number of benzene rings is 1. The summed E-state index contributed by atoms with van der Waals surface area (Å²) >= 11 is 0. The van der Waals surface area contributed by atoms with Gasteiger partial charge in [-0.15, -0.1) is 0 Å². The van der Waals surface area contributed by atoms with Crippen molar-refractivity contribution in [3.8, 4) is 0 Å². The van der Waals surface area contributed by atoms with Crippen molar-refractivity contribution in [3.63, 3.8) is 0 Å². The fourth-order valence-electron chi connectivity index (χ4n) is 1.98. The molecule has 1 atom stereocenters. The molecule has 0 saturated carbocycles. The zero-order valence-corrected chi connectivity index (χ0v) is 9.82. The van der Waals surface area contributed by atoms with E-state index >= 15 is 0 Å². The number of amides is 1. The van der Waals surface area contributed by atoms with Crippen LogP contribution >= 0.6 is 0 Å². The molecule has 0 bridgehead atoms. The molecule has 0 aromatic heterocycles. The third-order valence-electron chi connectivity index (χ3n) is 2.87. The largest absolute Gasteiger partial charge is 0.399 e. The van der Waals surface area contributed by atoms with E-state index in [1.54, 1.807) is 0 Å². The number of rotatable bonds is 4. The zero-order valence-electron chi connectivity index (χ0n) is 9.82. The molecule has 1 amide bonds. The fourth-order valence-corrected chi connectivity index (χ4v) is 1.98. The van der Waals surface area contributed by atoms with Crippen LogP contribution in [0.4, 0.5) is 5.69 Å². The van der Waals surface area contributed by atoms with Gasteiger partial charge in [0, 0.05) is 18.8 Å². The van der Waals surface area contributed by atoms with E-state index < -0.39 is 0 Å². The van der Waals surface area contributed by atoms with Crippen LogP contribution in [0, 0.1) is 0 Å². The second kappa shape index (κ2) is 5.68. The standard InChI is InChI=1S/C13H18N2O2/c14-11-4-1-3-10(7-11)8-13(16)15-9-12-5-2-6-17-12/h1,3-4,7,12H,2,5-6,8-9,14H2,(H,15,16)/t12-/m0/s1. The number of carbonyl (C=O) groups excluding carboxylic acids is 1. The van der Waals surface area contributed by atoms with E-state index in [1.165, 1.54) is 0 Å². The molecular formula is C13H18N2O2. The lowest BCUT2D eigenvalue weighted by Gasteiger charge is -2.10. The number of nitrogen functional groups attached to an aromatic ring is 1. The minimum Gasteiger partial charge on any atom is -0.399 e. The van der Waals surface area contributed by atoms with Gasteiger partial charge in [-0.05, 0) is 30.5 Å². The fraction of sp³-hybridized carbons (Fsp3) is 0.462. The van der Waals surface area contributed by atoms with Crippen LogP contribution in [0.15, 0.2) is 24.3 Å². The van der Waals surface area contributed by atoms with Gasteiger partial charge >= 0.3 is 0 Å². The second-order valence-corrected chi connectivity index (χ2v) is 4.36. The molecule has 1 aromatic rings. The van der Waals surface area contributed by atoms with Crippen molar-refractivity contribution in [1.29, 1.82) is 0 Å². The van der Waals surface area contributed by atoms with E-state index in [4.69, 9.17) is 10.5 Å². The molecule has 3 N–H and O–H groups in total. The highest BCUT2D eigenvalue weighted by Gasteiger charge is 2.16. The Kier molecular flexibility index (Phi) is 3.98. The van der Waals surface area contributed by atoms with Crippen LogP contribution in [0.25, 0.3) is 0 Å². The van der Waals surface area contributed by atoms with Crippen molar-refractivity contribution in [1.82, 2.24) is 5.32 Å². The quantitative estimate of drug-likeness (QED) is 0.767. The van der Waals surface area contributed by atoms with Crippen molar-refractivity contribution in [3.05, 3.63) is 29.8 Å². The summed E-state index contributed by atoms with van der Waals surface area (Å²) in [5, 5.41) is 2.89. The third kappa shape index (κ3) is 3.75.